The van der Waals surface area contributed by atoms with Gasteiger partial charge in [0.2, 0.25) is 0 Å². The molecule has 56 valence electrons. The van der Waals surface area contributed by atoms with Crippen molar-refractivity contribution in [1.29, 1.82) is 0 Å². The van der Waals surface area contributed by atoms with E-state index < -0.39 is 0 Å². The van der Waals surface area contributed by atoms with E-state index in [1.165, 1.54) is 0 Å². The first-order valence-corrected chi connectivity index (χ1v) is 2.41. The summed E-state index contributed by atoms with van der Waals surface area (Å²) in [7, 11) is 0. The summed E-state index contributed by atoms with van der Waals surface area (Å²) in [5, 5.41) is 0. The van der Waals surface area contributed by atoms with E-state index in [0.717, 1.165) is 13.1 Å². The van der Waals surface area contributed by atoms with Gasteiger partial charge >= 0.3 is 0 Å². The molecule has 0 fully saturated rings. The molecule has 2 nitrogen and oxygen atoms in total. The normalized spacial score (nSPS) is 4.50. The summed E-state index contributed by atoms with van der Waals surface area (Å²) in [6.45, 7) is 6.03. The molecule has 0 radical (unpaired) electrons. The maximum atomic E-state index is 3.49. The summed E-state index contributed by atoms with van der Waals surface area (Å²) >= 11 is 0. The van der Waals surface area contributed by atoms with Gasteiger partial charge in [-0.1, -0.05) is 0 Å². The number of quaternary nitrogens is 2. The van der Waals surface area contributed by atoms with E-state index in [0.29, 0.717) is 0 Å². The molecular weight excluding hydrogens is 236 g/mol. The smallest absolute Gasteiger partial charge is 0.0711 e. The van der Waals surface area contributed by atoms with Crippen LogP contribution in [0.2, 0.25) is 0 Å². The van der Waals surface area contributed by atoms with Gasteiger partial charge in [-0.25, -0.2) is 0 Å². The molecule has 0 aliphatic rings. The summed E-state index contributed by atoms with van der Waals surface area (Å²) in [5.41, 5.74) is 6.97. The number of rotatable bonds is 0. The van der Waals surface area contributed by atoms with Gasteiger partial charge in [0.15, 0.2) is 0 Å². The molecule has 0 saturated heterocycles. The van der Waals surface area contributed by atoms with Crippen molar-refractivity contribution < 1.29 is 45.4 Å². The van der Waals surface area contributed by atoms with Crippen LogP contribution in [0.5, 0.6) is 0 Å². The first-order chi connectivity index (χ1) is 2.83. The van der Waals surface area contributed by atoms with Crippen LogP contribution in [-0.2, 0) is 0 Å². The summed E-state index contributed by atoms with van der Waals surface area (Å²) in [4.78, 5) is 0. The summed E-state index contributed by atoms with van der Waals surface area (Å²) in [5.74, 6) is 0. The maximum Gasteiger partial charge on any atom is 0.0711 e. The zero-order chi connectivity index (χ0) is 5.41. The second-order valence-electron chi connectivity index (χ2n) is 1.000. The van der Waals surface area contributed by atoms with Gasteiger partial charge in [-0.2, -0.15) is 0 Å². The van der Waals surface area contributed by atoms with Gasteiger partial charge in [0.25, 0.3) is 0 Å². The summed E-state index contributed by atoms with van der Waals surface area (Å²) in [6.07, 6.45) is 0. The van der Waals surface area contributed by atoms with E-state index in [4.69, 9.17) is 0 Å². The van der Waals surface area contributed by atoms with Crippen LogP contribution < -0.4 is 45.4 Å². The van der Waals surface area contributed by atoms with Gasteiger partial charge in [0, 0.05) is 0 Å². The minimum atomic E-state index is 0. The predicted octanol–water partition coefficient (Wildman–Crippen LogP) is -7.50. The third-order valence-electron chi connectivity index (χ3n) is 0. The van der Waals surface area contributed by atoms with Crippen LogP contribution in [0.3, 0.4) is 0 Å². The third kappa shape index (κ3) is 307. The van der Waals surface area contributed by atoms with Gasteiger partial charge in [0.1, 0.15) is 0 Å². The molecular formula is C4H16Br2N2. The van der Waals surface area contributed by atoms with Crippen molar-refractivity contribution in [2.75, 3.05) is 13.1 Å². The van der Waals surface area contributed by atoms with E-state index >= 15 is 0 Å². The molecule has 0 bridgehead atoms. The molecule has 0 unspecified atom stereocenters. The molecule has 0 aliphatic carbocycles. The number of hydrogen-bond donors (Lipinski definition) is 2. The Bertz CT molecular complexity index is 14.0. The average Bonchev–Trinajstić information content (AvgIpc) is 1.39. The van der Waals surface area contributed by atoms with Crippen molar-refractivity contribution in [1.82, 2.24) is 0 Å². The highest BCUT2D eigenvalue weighted by Crippen LogP contribution is 1.14. The predicted molar refractivity (Wildman–Crippen MR) is 26.9 cm³/mol. The largest absolute Gasteiger partial charge is 1.00 e. The fourth-order valence-electron chi connectivity index (χ4n) is 0. The fourth-order valence-corrected chi connectivity index (χ4v) is 0. The Hall–Kier alpha value is 0.880. The molecule has 0 aromatic heterocycles. The Kier molecular flexibility index (Phi) is 130. The highest BCUT2D eigenvalue weighted by Gasteiger charge is 1.37. The first kappa shape index (κ1) is 23.2. The van der Waals surface area contributed by atoms with Gasteiger partial charge in [0.05, 0.1) is 13.1 Å². The molecule has 0 saturated carbocycles. The Balaban J connectivity index is -0.0000000160. The lowest BCUT2D eigenvalue weighted by molar-refractivity contribution is -0.362. The van der Waals surface area contributed by atoms with E-state index in [-0.39, 0.29) is 34.0 Å². The standard InChI is InChI=1S/2C2H7N.2BrH/c2*1-2-3;;/h2*2-3H2,1H3;2*1H. The topological polar surface area (TPSA) is 55.3 Å². The zero-order valence-corrected chi connectivity index (χ0v) is 8.76. The third-order valence-corrected chi connectivity index (χ3v) is 0. The van der Waals surface area contributed by atoms with Crippen molar-refractivity contribution in [3.05, 3.63) is 0 Å². The van der Waals surface area contributed by atoms with Gasteiger partial charge < -0.3 is 45.4 Å². The second kappa shape index (κ2) is 45.0. The SMILES string of the molecule is CC[NH3+].CC[NH3+].[Br-].[Br-]. The molecule has 0 heterocycles. The van der Waals surface area contributed by atoms with Crippen LogP contribution >= 0.6 is 0 Å². The van der Waals surface area contributed by atoms with Crippen molar-refractivity contribution in [2.24, 2.45) is 0 Å². The molecule has 8 heavy (non-hydrogen) atoms. The highest BCUT2D eigenvalue weighted by molar-refractivity contribution is 3.80. The van der Waals surface area contributed by atoms with E-state index in [1.807, 2.05) is 13.8 Å². The molecule has 4 heteroatoms. The molecule has 0 aliphatic heterocycles. The minimum absolute atomic E-state index is 0. The summed E-state index contributed by atoms with van der Waals surface area (Å²) < 4.78 is 0. The van der Waals surface area contributed by atoms with Gasteiger partial charge in [-0.3, -0.25) is 0 Å². The second-order valence-corrected chi connectivity index (χ2v) is 1.000. The Morgan fingerprint density at radius 1 is 0.875 bits per heavy atom. The summed E-state index contributed by atoms with van der Waals surface area (Å²) in [6, 6.07) is 0. The zero-order valence-electron chi connectivity index (χ0n) is 5.58. The van der Waals surface area contributed by atoms with Crippen LogP contribution in [0.15, 0.2) is 0 Å². The molecule has 0 aromatic rings. The van der Waals surface area contributed by atoms with Crippen LogP contribution in [0, 0.1) is 0 Å². The van der Waals surface area contributed by atoms with Crippen molar-refractivity contribution in [3.8, 4) is 0 Å². The van der Waals surface area contributed by atoms with Crippen LogP contribution in [0.1, 0.15) is 13.8 Å². The maximum absolute atomic E-state index is 3.49. The first-order valence-electron chi connectivity index (χ1n) is 2.41. The highest BCUT2D eigenvalue weighted by atomic mass is 79.9. The molecule has 0 rings (SSSR count). The monoisotopic (exact) mass is 250 g/mol. The van der Waals surface area contributed by atoms with Gasteiger partial charge in [-0.15, -0.1) is 0 Å². The number of halogens is 2. The minimum Gasteiger partial charge on any atom is -1.00 e. The Morgan fingerprint density at radius 3 is 0.875 bits per heavy atom. The van der Waals surface area contributed by atoms with E-state index in [9.17, 15) is 0 Å². The van der Waals surface area contributed by atoms with Crippen molar-refractivity contribution in [2.45, 2.75) is 13.8 Å². The van der Waals surface area contributed by atoms with Crippen molar-refractivity contribution >= 4 is 0 Å². The Morgan fingerprint density at radius 2 is 0.875 bits per heavy atom. The number of hydrogen-bond acceptors (Lipinski definition) is 0. The molecule has 0 atom stereocenters. The van der Waals surface area contributed by atoms with Gasteiger partial charge in [-0.05, 0) is 13.8 Å². The molecule has 0 aromatic carbocycles. The lowest BCUT2D eigenvalue weighted by Crippen LogP contribution is -3.00. The molecule has 6 N–H and O–H groups in total. The van der Waals surface area contributed by atoms with E-state index in [1.54, 1.807) is 0 Å². The average molecular weight is 252 g/mol. The van der Waals surface area contributed by atoms with Crippen LogP contribution in [0.4, 0.5) is 0 Å². The lowest BCUT2D eigenvalue weighted by Gasteiger charge is -1.49. The lowest BCUT2D eigenvalue weighted by atomic mass is 10.8. The van der Waals surface area contributed by atoms with Crippen LogP contribution in [0.25, 0.3) is 0 Å². The Labute approximate surface area is 72.5 Å². The van der Waals surface area contributed by atoms with Crippen LogP contribution in [-0.4, -0.2) is 13.1 Å². The van der Waals surface area contributed by atoms with E-state index in [2.05, 4.69) is 11.5 Å². The quantitative estimate of drug-likeness (QED) is 0.430. The molecule has 0 amide bonds. The molecule has 0 spiro atoms. The fraction of sp³-hybridized carbons (Fsp3) is 1.00. The van der Waals surface area contributed by atoms with Crippen molar-refractivity contribution in [3.63, 3.8) is 0 Å².